The van der Waals surface area contributed by atoms with Crippen LogP contribution in [0.15, 0.2) is 24.3 Å². The van der Waals surface area contributed by atoms with Gasteiger partial charge in [-0.1, -0.05) is 0 Å². The van der Waals surface area contributed by atoms with Gasteiger partial charge in [-0.05, 0) is 0 Å². The van der Waals surface area contributed by atoms with Crippen LogP contribution in [0.1, 0.15) is 6.42 Å². The summed E-state index contributed by atoms with van der Waals surface area (Å²) in [6.07, 6.45) is 0.975. The van der Waals surface area contributed by atoms with Crippen molar-refractivity contribution in [1.82, 2.24) is 4.90 Å². The first-order valence-electron chi connectivity index (χ1n) is 6.88. The number of amides is 1. The molecule has 20 heavy (non-hydrogen) atoms. The molecule has 2 fully saturated rings. The quantitative estimate of drug-likeness (QED) is 0.822. The van der Waals surface area contributed by atoms with E-state index < -0.39 is 12.3 Å². The van der Waals surface area contributed by atoms with Crippen molar-refractivity contribution in [2.24, 2.45) is 5.92 Å². The average molecular weight is 370 g/mol. The zero-order valence-electron chi connectivity index (χ0n) is 11.5. The molecule has 2 heterocycles. The molecule has 2 aliphatic heterocycles. The Kier molecular flexibility index (Phi) is 5.03. The van der Waals surface area contributed by atoms with Crippen molar-refractivity contribution in [3.05, 3.63) is 24.3 Å². The normalized spacial score (nSPS) is 24.1. The molecule has 3 nitrogen and oxygen atoms in total. The molecule has 2 saturated heterocycles. The molecule has 1 unspecified atom stereocenters. The van der Waals surface area contributed by atoms with Crippen molar-refractivity contribution in [3.63, 3.8) is 0 Å². The number of benzene rings is 1. The number of likely N-dealkylation sites (tertiary alicyclic amines) is 1. The number of anilines is 1. The van der Waals surface area contributed by atoms with Crippen LogP contribution in [0, 0.1) is 5.92 Å². The van der Waals surface area contributed by atoms with Gasteiger partial charge in [-0.2, -0.15) is 0 Å². The summed E-state index contributed by atoms with van der Waals surface area (Å²) in [5, 5.41) is 3.06. The molecule has 1 amide bonds. The van der Waals surface area contributed by atoms with Crippen molar-refractivity contribution in [2.75, 3.05) is 37.0 Å². The van der Waals surface area contributed by atoms with E-state index in [0.29, 0.717) is 0 Å². The zero-order chi connectivity index (χ0) is 13.9. The van der Waals surface area contributed by atoms with Crippen LogP contribution in [-0.4, -0.2) is 54.8 Å². The second kappa shape index (κ2) is 6.78. The fourth-order valence-electron chi connectivity index (χ4n) is 2.49. The van der Waals surface area contributed by atoms with Crippen molar-refractivity contribution in [2.45, 2.75) is 6.42 Å². The number of hydrogen-bond acceptors (Lipinski definition) is 4. The molecule has 2 aliphatic rings. The third kappa shape index (κ3) is 3.56. The van der Waals surface area contributed by atoms with Gasteiger partial charge < -0.3 is 0 Å². The summed E-state index contributed by atoms with van der Waals surface area (Å²) in [4.78, 5) is 14.4. The Morgan fingerprint density at radius 2 is 2.00 bits per heavy atom. The summed E-state index contributed by atoms with van der Waals surface area (Å²) in [5.74, 6) is 2.93. The summed E-state index contributed by atoms with van der Waals surface area (Å²) in [7, 11) is 6.38. The van der Waals surface area contributed by atoms with Crippen molar-refractivity contribution in [3.8, 4) is 0 Å². The minimum atomic E-state index is -0.881. The maximum absolute atomic E-state index is 12.2. The molecule has 0 bridgehead atoms. The molecule has 0 aliphatic carbocycles. The standard InChI is InChI=1S/C14H19AsN2OS2/c1-17-7-6-11(10-17)14(18)16-13-4-2-12(3-5-13)15-19-8-9-20-15/h2-5,11H,6-10H2,1H3,(H,16,18). The summed E-state index contributed by atoms with van der Waals surface area (Å²) in [6.45, 7) is 1.91. The van der Waals surface area contributed by atoms with Gasteiger partial charge in [-0.15, -0.1) is 0 Å². The van der Waals surface area contributed by atoms with E-state index in [1.165, 1.54) is 15.9 Å². The first-order chi connectivity index (χ1) is 9.72. The molecule has 0 spiro atoms. The molecule has 0 radical (unpaired) electrons. The number of nitrogens with zero attached hydrogens (tertiary/aromatic N) is 1. The Bertz CT molecular complexity index is 477. The molecule has 3 rings (SSSR count). The number of rotatable bonds is 3. The van der Waals surface area contributed by atoms with Crippen LogP contribution >= 0.6 is 20.0 Å². The third-order valence-electron chi connectivity index (χ3n) is 3.61. The van der Waals surface area contributed by atoms with Gasteiger partial charge in [0.25, 0.3) is 0 Å². The second-order valence-electron chi connectivity index (χ2n) is 5.21. The summed E-state index contributed by atoms with van der Waals surface area (Å²) >= 11 is -0.881. The molecule has 1 N–H and O–H groups in total. The monoisotopic (exact) mass is 370 g/mol. The third-order valence-corrected chi connectivity index (χ3v) is 17.3. The number of nitrogens with one attached hydrogen (secondary N) is 1. The Hall–Kier alpha value is -0.0916. The Morgan fingerprint density at radius 3 is 2.60 bits per heavy atom. The Morgan fingerprint density at radius 1 is 1.30 bits per heavy atom. The van der Waals surface area contributed by atoms with Crippen LogP contribution in [-0.2, 0) is 4.79 Å². The van der Waals surface area contributed by atoms with Crippen LogP contribution in [0.4, 0.5) is 5.69 Å². The molecule has 0 aromatic heterocycles. The van der Waals surface area contributed by atoms with Crippen molar-refractivity contribution >= 4 is 48.3 Å². The van der Waals surface area contributed by atoms with Crippen molar-refractivity contribution < 1.29 is 4.79 Å². The number of hydrogen-bond donors (Lipinski definition) is 1. The summed E-state index contributed by atoms with van der Waals surface area (Å²) in [5.41, 5.74) is 0.941. The van der Waals surface area contributed by atoms with Crippen LogP contribution in [0.5, 0.6) is 0 Å². The van der Waals surface area contributed by atoms with E-state index in [1.54, 1.807) is 0 Å². The van der Waals surface area contributed by atoms with Gasteiger partial charge in [-0.25, -0.2) is 0 Å². The molecule has 6 heteroatoms. The molecule has 1 atom stereocenters. The average Bonchev–Trinajstić information content (AvgIpc) is 3.10. The van der Waals surface area contributed by atoms with E-state index in [4.69, 9.17) is 0 Å². The van der Waals surface area contributed by atoms with Gasteiger partial charge in [-0.3, -0.25) is 0 Å². The summed E-state index contributed by atoms with van der Waals surface area (Å²) in [6, 6.07) is 8.56. The Balaban J connectivity index is 1.58. The number of carbonyl (C=O) groups excluding carboxylic acids is 1. The predicted molar refractivity (Wildman–Crippen MR) is 91.0 cm³/mol. The minimum absolute atomic E-state index is 0.149. The predicted octanol–water partition coefficient (Wildman–Crippen LogP) is 1.75. The Labute approximate surface area is 131 Å². The van der Waals surface area contributed by atoms with E-state index >= 15 is 0 Å². The van der Waals surface area contributed by atoms with E-state index in [9.17, 15) is 4.79 Å². The fourth-order valence-corrected chi connectivity index (χ4v) is 16.6. The van der Waals surface area contributed by atoms with Crippen LogP contribution in [0.2, 0.25) is 0 Å². The zero-order valence-corrected chi connectivity index (χ0v) is 15.1. The fraction of sp³-hybridized carbons (Fsp3) is 0.500. The first-order valence-corrected chi connectivity index (χ1v) is 14.3. The van der Waals surface area contributed by atoms with Crippen LogP contribution < -0.4 is 9.67 Å². The van der Waals surface area contributed by atoms with E-state index in [-0.39, 0.29) is 11.8 Å². The van der Waals surface area contributed by atoms with Gasteiger partial charge in [0, 0.05) is 0 Å². The van der Waals surface area contributed by atoms with Gasteiger partial charge >= 0.3 is 132 Å². The topological polar surface area (TPSA) is 32.3 Å². The van der Waals surface area contributed by atoms with E-state index in [1.807, 2.05) is 0 Å². The van der Waals surface area contributed by atoms with E-state index in [0.717, 1.165) is 25.2 Å². The molecular weight excluding hydrogens is 351 g/mol. The van der Waals surface area contributed by atoms with Gasteiger partial charge in [0.05, 0.1) is 0 Å². The van der Waals surface area contributed by atoms with Crippen LogP contribution in [0.3, 0.4) is 0 Å². The first kappa shape index (κ1) is 14.8. The van der Waals surface area contributed by atoms with Crippen molar-refractivity contribution in [1.29, 1.82) is 0 Å². The van der Waals surface area contributed by atoms with E-state index in [2.05, 4.69) is 61.6 Å². The van der Waals surface area contributed by atoms with Gasteiger partial charge in [0.1, 0.15) is 0 Å². The van der Waals surface area contributed by atoms with Gasteiger partial charge in [0.15, 0.2) is 0 Å². The maximum atomic E-state index is 12.2. The summed E-state index contributed by atoms with van der Waals surface area (Å²) < 4.78 is 1.50. The molecular formula is C14H19AsN2OS2. The van der Waals surface area contributed by atoms with Crippen LogP contribution in [0.25, 0.3) is 0 Å². The molecule has 1 aromatic carbocycles. The number of carbonyl (C=O) groups is 1. The molecule has 0 saturated carbocycles. The SMILES string of the molecule is CN1CCC(C(=O)Nc2ccc([As]3SCCS3)cc2)C1. The second-order valence-corrected chi connectivity index (χ2v) is 16.9. The molecule has 108 valence electrons. The molecule has 1 aromatic rings. The van der Waals surface area contributed by atoms with Gasteiger partial charge in [0.2, 0.25) is 0 Å².